The van der Waals surface area contributed by atoms with E-state index in [2.05, 4.69) is 5.32 Å². The van der Waals surface area contributed by atoms with Crippen LogP contribution in [-0.4, -0.2) is 6.54 Å². The molecule has 1 N–H and O–H groups in total. The Kier molecular flexibility index (Phi) is 4.19. The molecule has 118 valence electrons. The van der Waals surface area contributed by atoms with Crippen LogP contribution in [0.4, 0.5) is 30.7 Å². The number of piperidine rings is 1. The van der Waals surface area contributed by atoms with E-state index >= 15 is 0 Å². The van der Waals surface area contributed by atoms with Gasteiger partial charge in [0.05, 0.1) is 11.1 Å². The molecule has 1 fully saturated rings. The highest BCUT2D eigenvalue weighted by atomic mass is 19.4. The quantitative estimate of drug-likeness (QED) is 0.742. The lowest BCUT2D eigenvalue weighted by Gasteiger charge is -2.27. The lowest BCUT2D eigenvalue weighted by molar-refractivity contribution is -0.144. The standard InChI is InChI=1S/C13H12F7N/c14-9-6-7(12(15,16)17)5-8(13(18,19)20)11(9)10-3-1-2-4-21-10/h5-6,10,21H,1-4H2/t10-/m0/s1. The predicted octanol–water partition coefficient (Wildman–Crippen LogP) is 4.68. The van der Waals surface area contributed by atoms with Crippen LogP contribution in [-0.2, 0) is 12.4 Å². The van der Waals surface area contributed by atoms with E-state index in [-0.39, 0.29) is 18.6 Å². The minimum Gasteiger partial charge on any atom is -0.310 e. The number of rotatable bonds is 1. The molecule has 1 nitrogen and oxygen atoms in total. The van der Waals surface area contributed by atoms with Crippen LogP contribution in [0.2, 0.25) is 0 Å². The van der Waals surface area contributed by atoms with Crippen LogP contribution in [0.3, 0.4) is 0 Å². The SMILES string of the molecule is Fc1cc(C(F)(F)F)cc(C(F)(F)F)c1[C@@H]1CCCCN1. The first-order valence-electron chi connectivity index (χ1n) is 6.32. The van der Waals surface area contributed by atoms with Gasteiger partial charge in [-0.3, -0.25) is 0 Å². The van der Waals surface area contributed by atoms with E-state index in [0.717, 1.165) is 6.42 Å². The zero-order valence-corrected chi connectivity index (χ0v) is 10.7. The van der Waals surface area contributed by atoms with Gasteiger partial charge in [-0.05, 0) is 31.5 Å². The van der Waals surface area contributed by atoms with Crippen molar-refractivity contribution in [2.45, 2.75) is 37.7 Å². The van der Waals surface area contributed by atoms with Crippen molar-refractivity contribution in [2.75, 3.05) is 6.54 Å². The summed E-state index contributed by atoms with van der Waals surface area (Å²) in [5.41, 5.74) is -3.92. The molecule has 1 aromatic rings. The van der Waals surface area contributed by atoms with Crippen molar-refractivity contribution in [3.05, 3.63) is 34.6 Å². The van der Waals surface area contributed by atoms with Gasteiger partial charge in [0.15, 0.2) is 0 Å². The lowest BCUT2D eigenvalue weighted by atomic mass is 9.91. The second-order valence-corrected chi connectivity index (χ2v) is 4.92. The molecular weight excluding hydrogens is 303 g/mol. The molecule has 0 bridgehead atoms. The Balaban J connectivity index is 2.57. The van der Waals surface area contributed by atoms with Gasteiger partial charge in [-0.2, -0.15) is 26.3 Å². The first-order chi connectivity index (χ1) is 9.60. The van der Waals surface area contributed by atoms with Crippen LogP contribution in [0.1, 0.15) is 42.0 Å². The van der Waals surface area contributed by atoms with E-state index in [1.165, 1.54) is 0 Å². The highest BCUT2D eigenvalue weighted by Crippen LogP contribution is 2.41. The highest BCUT2D eigenvalue weighted by Gasteiger charge is 2.41. The number of nitrogens with one attached hydrogen (secondary N) is 1. The fourth-order valence-corrected chi connectivity index (χ4v) is 2.47. The number of benzene rings is 1. The smallest absolute Gasteiger partial charge is 0.310 e. The van der Waals surface area contributed by atoms with Crippen molar-refractivity contribution in [2.24, 2.45) is 0 Å². The van der Waals surface area contributed by atoms with E-state index in [9.17, 15) is 30.7 Å². The predicted molar refractivity (Wildman–Crippen MR) is 61.0 cm³/mol. The molecule has 0 saturated carbocycles. The molecular formula is C13H12F7N. The van der Waals surface area contributed by atoms with Crippen LogP contribution < -0.4 is 5.32 Å². The summed E-state index contributed by atoms with van der Waals surface area (Å²) in [5, 5.41) is 2.73. The number of alkyl halides is 6. The van der Waals surface area contributed by atoms with Crippen LogP contribution in [0.15, 0.2) is 12.1 Å². The molecule has 0 aromatic heterocycles. The molecule has 1 heterocycles. The average Bonchev–Trinajstić information content (AvgIpc) is 2.36. The van der Waals surface area contributed by atoms with Gasteiger partial charge in [0.25, 0.3) is 0 Å². The molecule has 1 aliphatic heterocycles. The zero-order chi connectivity index (χ0) is 15.8. The Labute approximate surface area is 116 Å². The van der Waals surface area contributed by atoms with Crippen LogP contribution in [0, 0.1) is 5.82 Å². The third-order valence-electron chi connectivity index (χ3n) is 3.42. The molecule has 8 heteroatoms. The molecule has 1 atom stereocenters. The molecule has 0 unspecified atom stereocenters. The summed E-state index contributed by atoms with van der Waals surface area (Å²) in [7, 11) is 0. The third kappa shape index (κ3) is 3.48. The minimum atomic E-state index is -5.05. The van der Waals surface area contributed by atoms with Crippen molar-refractivity contribution in [3.63, 3.8) is 0 Å². The Bertz CT molecular complexity index is 512. The third-order valence-corrected chi connectivity index (χ3v) is 3.42. The Hall–Kier alpha value is -1.31. The van der Waals surface area contributed by atoms with Gasteiger partial charge in [0, 0.05) is 11.6 Å². The van der Waals surface area contributed by atoms with Gasteiger partial charge >= 0.3 is 12.4 Å². The summed E-state index contributed by atoms with van der Waals surface area (Å²) in [6.07, 6.45) is -8.49. The highest BCUT2D eigenvalue weighted by molar-refractivity contribution is 5.39. The molecule has 21 heavy (non-hydrogen) atoms. The summed E-state index contributed by atoms with van der Waals surface area (Å²) in [6, 6.07) is -0.812. The molecule has 1 aliphatic rings. The summed E-state index contributed by atoms with van der Waals surface area (Å²) >= 11 is 0. The second-order valence-electron chi connectivity index (χ2n) is 4.92. The number of halogens is 7. The molecule has 0 amide bonds. The van der Waals surface area contributed by atoms with Gasteiger partial charge in [0.2, 0.25) is 0 Å². The normalized spacial score (nSPS) is 20.6. The summed E-state index contributed by atoms with van der Waals surface area (Å²) in [4.78, 5) is 0. The molecule has 1 saturated heterocycles. The first kappa shape index (κ1) is 16.1. The van der Waals surface area contributed by atoms with Crippen molar-refractivity contribution in [1.29, 1.82) is 0 Å². The first-order valence-corrected chi connectivity index (χ1v) is 6.32. The maximum atomic E-state index is 13.9. The van der Waals surface area contributed by atoms with Crippen LogP contribution in [0.5, 0.6) is 0 Å². The fourth-order valence-electron chi connectivity index (χ4n) is 2.47. The van der Waals surface area contributed by atoms with E-state index in [4.69, 9.17) is 0 Å². The molecule has 1 aromatic carbocycles. The van der Waals surface area contributed by atoms with E-state index in [1.807, 2.05) is 0 Å². The largest absolute Gasteiger partial charge is 0.416 e. The average molecular weight is 315 g/mol. The van der Waals surface area contributed by atoms with Crippen LogP contribution in [0.25, 0.3) is 0 Å². The van der Waals surface area contributed by atoms with E-state index < -0.39 is 40.9 Å². The van der Waals surface area contributed by atoms with Crippen molar-refractivity contribution >= 4 is 0 Å². The van der Waals surface area contributed by atoms with Crippen LogP contribution >= 0.6 is 0 Å². The molecule has 0 aliphatic carbocycles. The van der Waals surface area contributed by atoms with Gasteiger partial charge in [-0.1, -0.05) is 6.42 Å². The monoisotopic (exact) mass is 315 g/mol. The summed E-state index contributed by atoms with van der Waals surface area (Å²) in [5.74, 6) is -1.48. The summed E-state index contributed by atoms with van der Waals surface area (Å²) < 4.78 is 90.6. The van der Waals surface area contributed by atoms with Gasteiger partial charge in [-0.25, -0.2) is 4.39 Å². The Morgan fingerprint density at radius 3 is 2.10 bits per heavy atom. The topological polar surface area (TPSA) is 12.0 Å². The van der Waals surface area contributed by atoms with Gasteiger partial charge < -0.3 is 5.32 Å². The van der Waals surface area contributed by atoms with E-state index in [0.29, 0.717) is 13.0 Å². The summed E-state index contributed by atoms with van der Waals surface area (Å²) in [6.45, 7) is 0.405. The molecule has 2 rings (SSSR count). The minimum absolute atomic E-state index is 0.0191. The van der Waals surface area contributed by atoms with Gasteiger partial charge in [0.1, 0.15) is 5.82 Å². The Morgan fingerprint density at radius 2 is 1.62 bits per heavy atom. The van der Waals surface area contributed by atoms with Crippen molar-refractivity contribution in [1.82, 2.24) is 5.32 Å². The van der Waals surface area contributed by atoms with Gasteiger partial charge in [-0.15, -0.1) is 0 Å². The maximum absolute atomic E-state index is 13.9. The second kappa shape index (κ2) is 5.47. The molecule has 0 spiro atoms. The zero-order valence-electron chi connectivity index (χ0n) is 10.7. The number of hydrogen-bond donors (Lipinski definition) is 1. The Morgan fingerprint density at radius 1 is 0.952 bits per heavy atom. The fraction of sp³-hybridized carbons (Fsp3) is 0.538. The number of hydrogen-bond acceptors (Lipinski definition) is 1. The lowest BCUT2D eigenvalue weighted by Crippen LogP contribution is -2.30. The van der Waals surface area contributed by atoms with E-state index in [1.54, 1.807) is 0 Å². The molecule has 0 radical (unpaired) electrons. The maximum Gasteiger partial charge on any atom is 0.416 e. The van der Waals surface area contributed by atoms with Crippen molar-refractivity contribution < 1.29 is 30.7 Å². The van der Waals surface area contributed by atoms with Crippen molar-refractivity contribution in [3.8, 4) is 0 Å².